The van der Waals surface area contributed by atoms with Gasteiger partial charge in [-0.25, -0.2) is 4.79 Å². The van der Waals surface area contributed by atoms with Gasteiger partial charge in [0.2, 0.25) is 0 Å². The summed E-state index contributed by atoms with van der Waals surface area (Å²) in [6.45, 7) is 18.9. The van der Waals surface area contributed by atoms with E-state index in [2.05, 4.69) is 89.7 Å². The fourth-order valence-electron chi connectivity index (χ4n) is 10.3. The number of benzene rings is 1. The third kappa shape index (κ3) is 7.33. The van der Waals surface area contributed by atoms with Crippen molar-refractivity contribution in [2.75, 3.05) is 6.54 Å². The van der Waals surface area contributed by atoms with Gasteiger partial charge in [-0.05, 0) is 139 Å². The Kier molecular flexibility index (Phi) is 11.9. The highest BCUT2D eigenvalue weighted by Crippen LogP contribution is 2.69. The predicted octanol–water partition coefficient (Wildman–Crippen LogP) is 9.11. The highest BCUT2D eigenvalue weighted by molar-refractivity contribution is 7.98. The number of hydrogen-bond acceptors (Lipinski definition) is 4. The molecule has 4 N–H and O–H groups in total. The third-order valence-corrected chi connectivity index (χ3v) is 13.4. The van der Waals surface area contributed by atoms with Gasteiger partial charge in [0.15, 0.2) is 0 Å². The summed E-state index contributed by atoms with van der Waals surface area (Å²) in [6, 6.07) is 8.29. The van der Waals surface area contributed by atoms with E-state index in [0.717, 1.165) is 43.4 Å². The lowest BCUT2D eigenvalue weighted by Gasteiger charge is -2.64. The van der Waals surface area contributed by atoms with Gasteiger partial charge in [0.25, 0.3) is 0 Å². The molecule has 0 radical (unpaired) electrons. The van der Waals surface area contributed by atoms with Gasteiger partial charge >= 0.3 is 6.03 Å². The van der Waals surface area contributed by atoms with E-state index < -0.39 is 0 Å². The van der Waals surface area contributed by atoms with Crippen molar-refractivity contribution >= 4 is 18.0 Å². The Labute approximate surface area is 273 Å². The average molecular weight is 629 g/mol. The Hall–Kier alpha value is -1.24. The van der Waals surface area contributed by atoms with Crippen LogP contribution < -0.4 is 10.0 Å². The summed E-state index contributed by atoms with van der Waals surface area (Å²) in [6.07, 6.45) is 11.9. The second-order valence-corrected chi connectivity index (χ2v) is 17.2. The van der Waals surface area contributed by atoms with Gasteiger partial charge in [-0.2, -0.15) is 0 Å². The molecule has 2 amide bonds. The van der Waals surface area contributed by atoms with Gasteiger partial charge in [0, 0.05) is 11.4 Å². The van der Waals surface area contributed by atoms with Gasteiger partial charge in [-0.1, -0.05) is 80.4 Å². The van der Waals surface area contributed by atoms with Crippen molar-refractivity contribution in [3.63, 3.8) is 0 Å². The third-order valence-electron chi connectivity index (χ3n) is 12.6. The Morgan fingerprint density at radius 2 is 1.57 bits per heavy atom. The maximum absolute atomic E-state index is 12.5. The van der Waals surface area contributed by atoms with Crippen LogP contribution in [0, 0.1) is 46.3 Å². The molecular weight excluding hydrogens is 564 g/mol. The van der Waals surface area contributed by atoms with Crippen LogP contribution in [-0.2, 0) is 5.41 Å². The first-order chi connectivity index (χ1) is 20.8. The molecule has 4 aliphatic rings. The minimum absolute atomic E-state index is 0.123. The molecule has 4 saturated carbocycles. The number of amides is 2. The quantitative estimate of drug-likeness (QED) is 0.179. The molecule has 0 spiro atoms. The molecule has 4 aliphatic carbocycles. The summed E-state index contributed by atoms with van der Waals surface area (Å²) in [4.78, 5) is 13.5. The van der Waals surface area contributed by atoms with E-state index >= 15 is 0 Å². The zero-order valence-corrected chi connectivity index (χ0v) is 29.9. The first-order valence-electron chi connectivity index (χ1n) is 18.0. The van der Waals surface area contributed by atoms with Gasteiger partial charge in [-0.3, -0.25) is 4.72 Å². The molecule has 0 aromatic heterocycles. The number of nitrogens with one attached hydrogen (secondary N) is 2. The monoisotopic (exact) mass is 628 g/mol. The number of carbonyl (C=O) groups excluding carboxylic acids is 1. The summed E-state index contributed by atoms with van der Waals surface area (Å²) in [5.74, 6) is 3.01. The zero-order chi connectivity index (χ0) is 32.3. The summed E-state index contributed by atoms with van der Waals surface area (Å²) < 4.78 is 2.94. The Bertz CT molecular complexity index is 1070. The first-order valence-corrected chi connectivity index (χ1v) is 18.8. The number of carbonyl (C=O) groups is 1. The van der Waals surface area contributed by atoms with Crippen molar-refractivity contribution in [2.24, 2.45) is 46.3 Å². The van der Waals surface area contributed by atoms with Crippen LogP contribution in [0.3, 0.4) is 0 Å². The van der Waals surface area contributed by atoms with E-state index in [0.29, 0.717) is 42.1 Å². The maximum Gasteiger partial charge on any atom is 0.325 e. The lowest BCUT2D eigenvalue weighted by atomic mass is 9.41. The number of hydrogen-bond donors (Lipinski definition) is 4. The van der Waals surface area contributed by atoms with Crippen molar-refractivity contribution < 1.29 is 15.0 Å². The van der Waals surface area contributed by atoms with Gasteiger partial charge in [0.05, 0.1) is 12.2 Å². The molecule has 1 aromatic carbocycles. The number of urea groups is 1. The number of aliphatic hydroxyl groups excluding tert-OH is 2. The Balaban J connectivity index is 0.00000141. The normalized spacial score (nSPS) is 38.0. The number of fused-ring (bicyclic) bond motifs is 5. The fourth-order valence-corrected chi connectivity index (χ4v) is 10.8. The van der Waals surface area contributed by atoms with E-state index in [1.807, 2.05) is 0 Å². The molecule has 5 nitrogen and oxygen atoms in total. The Morgan fingerprint density at radius 3 is 2.20 bits per heavy atom. The number of aliphatic hydroxyl groups is 2. The highest BCUT2D eigenvalue weighted by atomic mass is 32.2. The van der Waals surface area contributed by atoms with Crippen LogP contribution in [0.25, 0.3) is 0 Å². The molecule has 0 saturated heterocycles. The lowest BCUT2D eigenvalue weighted by Crippen LogP contribution is -2.62. The van der Waals surface area contributed by atoms with Crippen LogP contribution in [0.2, 0.25) is 0 Å². The minimum atomic E-state index is -0.232. The molecule has 0 aliphatic heterocycles. The summed E-state index contributed by atoms with van der Waals surface area (Å²) in [7, 11) is 0. The number of rotatable bonds is 7. The smallest absolute Gasteiger partial charge is 0.325 e. The molecule has 5 rings (SSSR count). The summed E-state index contributed by atoms with van der Waals surface area (Å²) >= 11 is 1.37. The second kappa shape index (κ2) is 14.7. The van der Waals surface area contributed by atoms with Crippen molar-refractivity contribution in [3.05, 3.63) is 29.8 Å². The van der Waals surface area contributed by atoms with Crippen LogP contribution in [-0.4, -0.2) is 35.0 Å². The largest absolute Gasteiger partial charge is 0.393 e. The van der Waals surface area contributed by atoms with E-state index in [-0.39, 0.29) is 34.5 Å². The topological polar surface area (TPSA) is 81.6 Å². The molecule has 250 valence electrons. The van der Waals surface area contributed by atoms with Crippen molar-refractivity contribution in [2.45, 2.75) is 149 Å². The van der Waals surface area contributed by atoms with Gasteiger partial charge in [0.1, 0.15) is 0 Å². The summed E-state index contributed by atoms with van der Waals surface area (Å²) in [5, 5.41) is 25.5. The standard InChI is InChI=1S/C35H56N2O3S.C3H8/c1-7-26-29-21-24(38)16-18-35(29,6)28-17-19-34(5)23(12-15-27(34)30(28)31(26)39)9-8-20-36-32(40)37-41-25-13-10-22(11-14-25)33(2,3)4;1-3-2/h10-11,13-14,23-24,26-31,38-39H,7-9,12,15-21H2,1-6H3,(H2,36,37,40);3H2,1-2H3/t23-,24+,26+,27?,28-,29?,30?,31+,34?,35?;/m0./s1. The van der Waals surface area contributed by atoms with Crippen LogP contribution in [0.5, 0.6) is 0 Å². The summed E-state index contributed by atoms with van der Waals surface area (Å²) in [5.41, 5.74) is 1.96. The van der Waals surface area contributed by atoms with Crippen LogP contribution in [0.15, 0.2) is 29.2 Å². The molecule has 4 fully saturated rings. The van der Waals surface area contributed by atoms with E-state index in [4.69, 9.17) is 0 Å². The SMILES string of the molecule is CCC.CC[C@@H]1C2C[C@H](O)CCC2(C)[C@H]2CCC3(C)C(CC[C@@H]3CCCNC(=O)NSc3ccc(C(C)(C)C)cc3)C2[C@@H]1O. The minimum Gasteiger partial charge on any atom is -0.393 e. The fraction of sp³-hybridized carbons (Fsp3) is 0.816. The van der Waals surface area contributed by atoms with Crippen LogP contribution in [0.1, 0.15) is 132 Å². The first kappa shape index (κ1) is 35.6. The van der Waals surface area contributed by atoms with Crippen LogP contribution >= 0.6 is 11.9 Å². The van der Waals surface area contributed by atoms with E-state index in [1.54, 1.807) is 0 Å². The van der Waals surface area contributed by atoms with E-state index in [9.17, 15) is 15.0 Å². The molecular formula is C38H64N2O3S. The van der Waals surface area contributed by atoms with Crippen molar-refractivity contribution in [3.8, 4) is 0 Å². The van der Waals surface area contributed by atoms with Gasteiger partial charge in [-0.15, -0.1) is 0 Å². The van der Waals surface area contributed by atoms with Crippen LogP contribution in [0.4, 0.5) is 4.79 Å². The molecule has 5 unspecified atom stereocenters. The van der Waals surface area contributed by atoms with Gasteiger partial charge < -0.3 is 15.5 Å². The van der Waals surface area contributed by atoms with E-state index in [1.165, 1.54) is 49.6 Å². The molecule has 6 heteroatoms. The molecule has 44 heavy (non-hydrogen) atoms. The molecule has 1 aromatic rings. The predicted molar refractivity (Wildman–Crippen MR) is 185 cm³/mol. The van der Waals surface area contributed by atoms with Crippen molar-refractivity contribution in [1.29, 1.82) is 0 Å². The second-order valence-electron chi connectivity index (χ2n) is 16.3. The lowest BCUT2D eigenvalue weighted by molar-refractivity contribution is -0.202. The molecule has 10 atom stereocenters. The highest BCUT2D eigenvalue weighted by Gasteiger charge is 2.64. The molecule has 0 heterocycles. The Morgan fingerprint density at radius 1 is 0.932 bits per heavy atom. The molecule has 0 bridgehead atoms. The average Bonchev–Trinajstić information content (AvgIpc) is 3.31. The maximum atomic E-state index is 12.5. The van der Waals surface area contributed by atoms with Crippen molar-refractivity contribution in [1.82, 2.24) is 10.0 Å². The zero-order valence-electron chi connectivity index (χ0n) is 29.1.